The number of aromatic nitrogens is 4. The lowest BCUT2D eigenvalue weighted by atomic mass is 9.96. The molecule has 1 N–H and O–H groups in total. The van der Waals surface area contributed by atoms with Crippen LogP contribution in [0.3, 0.4) is 0 Å². The number of nitrogens with zero attached hydrogens (tertiary/aromatic N) is 4. The van der Waals surface area contributed by atoms with Gasteiger partial charge in [-0.3, -0.25) is 19.7 Å². The normalized spacial score (nSPS) is 17.9. The summed E-state index contributed by atoms with van der Waals surface area (Å²) in [6, 6.07) is 9.42. The van der Waals surface area contributed by atoms with E-state index in [4.69, 9.17) is 4.98 Å². The fourth-order valence-corrected chi connectivity index (χ4v) is 3.50. The minimum absolute atomic E-state index is 0.111. The van der Waals surface area contributed by atoms with Gasteiger partial charge in [-0.25, -0.2) is 4.98 Å². The van der Waals surface area contributed by atoms with Crippen molar-refractivity contribution in [3.8, 4) is 11.3 Å². The molecule has 132 valence electrons. The second-order valence-electron chi connectivity index (χ2n) is 6.69. The first-order valence-corrected chi connectivity index (χ1v) is 8.91. The van der Waals surface area contributed by atoms with Gasteiger partial charge < -0.3 is 4.98 Å². The number of hydrogen-bond acceptors (Lipinski definition) is 5. The Balaban J connectivity index is 1.55. The third-order valence-corrected chi connectivity index (χ3v) is 4.77. The lowest BCUT2D eigenvalue weighted by Crippen LogP contribution is -2.35. The van der Waals surface area contributed by atoms with E-state index in [0.717, 1.165) is 43.9 Å². The van der Waals surface area contributed by atoms with Gasteiger partial charge in [-0.1, -0.05) is 0 Å². The second kappa shape index (κ2) is 7.58. The van der Waals surface area contributed by atoms with Gasteiger partial charge in [-0.05, 0) is 49.2 Å². The van der Waals surface area contributed by atoms with Crippen LogP contribution in [0.5, 0.6) is 0 Å². The molecular formula is C20H21N5O. The van der Waals surface area contributed by atoms with Crippen LogP contribution in [-0.4, -0.2) is 37.9 Å². The molecule has 0 aliphatic carbocycles. The van der Waals surface area contributed by atoms with Gasteiger partial charge in [0.25, 0.3) is 5.56 Å². The first-order chi connectivity index (χ1) is 12.8. The van der Waals surface area contributed by atoms with Crippen molar-refractivity contribution < 1.29 is 0 Å². The van der Waals surface area contributed by atoms with Gasteiger partial charge in [0, 0.05) is 55.4 Å². The Morgan fingerprint density at radius 1 is 1.15 bits per heavy atom. The highest BCUT2D eigenvalue weighted by Crippen LogP contribution is 2.26. The van der Waals surface area contributed by atoms with Crippen LogP contribution in [0, 0.1) is 0 Å². The van der Waals surface area contributed by atoms with Crippen LogP contribution in [0.25, 0.3) is 11.3 Å². The summed E-state index contributed by atoms with van der Waals surface area (Å²) in [5, 5.41) is 0. The van der Waals surface area contributed by atoms with Crippen molar-refractivity contribution in [1.82, 2.24) is 24.8 Å². The predicted octanol–water partition coefficient (Wildman–Crippen LogP) is 2.61. The average molecular weight is 347 g/mol. The highest BCUT2D eigenvalue weighted by molar-refractivity contribution is 5.56. The third-order valence-electron chi connectivity index (χ3n) is 4.77. The second-order valence-corrected chi connectivity index (χ2v) is 6.69. The third kappa shape index (κ3) is 3.86. The van der Waals surface area contributed by atoms with Crippen LogP contribution in [-0.2, 0) is 6.54 Å². The van der Waals surface area contributed by atoms with E-state index < -0.39 is 0 Å². The molecule has 1 aliphatic rings. The molecule has 0 amide bonds. The lowest BCUT2D eigenvalue weighted by Gasteiger charge is -2.32. The van der Waals surface area contributed by atoms with Gasteiger partial charge >= 0.3 is 0 Å². The summed E-state index contributed by atoms with van der Waals surface area (Å²) in [6.45, 7) is 2.85. The Bertz CT molecular complexity index is 910. The number of hydrogen-bond donors (Lipinski definition) is 1. The molecule has 1 fully saturated rings. The molecule has 6 heteroatoms. The molecule has 1 aliphatic heterocycles. The molecule has 0 aromatic carbocycles. The summed E-state index contributed by atoms with van der Waals surface area (Å²) in [4.78, 5) is 30.5. The minimum atomic E-state index is -0.111. The molecule has 0 radical (unpaired) electrons. The fourth-order valence-electron chi connectivity index (χ4n) is 3.50. The van der Waals surface area contributed by atoms with Gasteiger partial charge in [0.2, 0.25) is 0 Å². The average Bonchev–Trinajstić information content (AvgIpc) is 2.69. The SMILES string of the molecule is O=c1cc(-c2cccnc2)nc([C@H]2CCCN(Cc3ccncc3)C2)[nH]1. The van der Waals surface area contributed by atoms with E-state index in [2.05, 4.69) is 19.9 Å². The van der Waals surface area contributed by atoms with E-state index in [1.807, 2.05) is 36.7 Å². The zero-order valence-electron chi connectivity index (χ0n) is 14.5. The molecule has 4 rings (SSSR count). The first-order valence-electron chi connectivity index (χ1n) is 8.91. The Morgan fingerprint density at radius 2 is 2.04 bits per heavy atom. The van der Waals surface area contributed by atoms with Crippen molar-refractivity contribution in [3.05, 3.63) is 76.9 Å². The number of piperidine rings is 1. The molecule has 0 bridgehead atoms. The molecule has 0 spiro atoms. The summed E-state index contributed by atoms with van der Waals surface area (Å²) in [5.74, 6) is 1.01. The van der Waals surface area contributed by atoms with Gasteiger partial charge in [-0.2, -0.15) is 0 Å². The van der Waals surface area contributed by atoms with Crippen LogP contribution in [0.15, 0.2) is 59.9 Å². The first kappa shape index (κ1) is 16.6. The van der Waals surface area contributed by atoms with Crippen molar-refractivity contribution >= 4 is 0 Å². The summed E-state index contributed by atoms with van der Waals surface area (Å²) in [7, 11) is 0. The highest BCUT2D eigenvalue weighted by atomic mass is 16.1. The Labute approximate surface area is 152 Å². The van der Waals surface area contributed by atoms with Crippen LogP contribution in [0.4, 0.5) is 0 Å². The number of aromatic amines is 1. The van der Waals surface area contributed by atoms with Gasteiger partial charge in [0.15, 0.2) is 0 Å². The quantitative estimate of drug-likeness (QED) is 0.785. The minimum Gasteiger partial charge on any atom is -0.310 e. The summed E-state index contributed by atoms with van der Waals surface area (Å²) >= 11 is 0. The largest absolute Gasteiger partial charge is 0.310 e. The maximum Gasteiger partial charge on any atom is 0.251 e. The molecule has 4 heterocycles. The van der Waals surface area contributed by atoms with Gasteiger partial charge in [-0.15, -0.1) is 0 Å². The monoisotopic (exact) mass is 347 g/mol. The van der Waals surface area contributed by atoms with Gasteiger partial charge in [0.05, 0.1) is 5.69 Å². The molecule has 26 heavy (non-hydrogen) atoms. The zero-order chi connectivity index (χ0) is 17.8. The van der Waals surface area contributed by atoms with Crippen molar-refractivity contribution in [3.63, 3.8) is 0 Å². The van der Waals surface area contributed by atoms with E-state index >= 15 is 0 Å². The number of rotatable bonds is 4. The molecule has 1 saturated heterocycles. The summed E-state index contributed by atoms with van der Waals surface area (Å²) in [6.07, 6.45) is 9.24. The van der Waals surface area contributed by atoms with Crippen LogP contribution >= 0.6 is 0 Å². The van der Waals surface area contributed by atoms with Crippen LogP contribution < -0.4 is 5.56 Å². The van der Waals surface area contributed by atoms with Gasteiger partial charge in [0.1, 0.15) is 5.82 Å². The number of nitrogens with one attached hydrogen (secondary N) is 1. The lowest BCUT2D eigenvalue weighted by molar-refractivity contribution is 0.196. The number of likely N-dealkylation sites (tertiary alicyclic amines) is 1. The Morgan fingerprint density at radius 3 is 2.85 bits per heavy atom. The standard InChI is InChI=1S/C20H21N5O/c26-19-11-18(16-3-1-7-22-12-16)23-20(24-19)17-4-2-10-25(14-17)13-15-5-8-21-9-6-15/h1,3,5-9,11-12,17H,2,4,10,13-14H2,(H,23,24,26)/t17-/m0/s1. The molecule has 1 atom stereocenters. The number of pyridine rings is 2. The molecule has 3 aromatic heterocycles. The van der Waals surface area contributed by atoms with E-state index in [-0.39, 0.29) is 11.5 Å². The fraction of sp³-hybridized carbons (Fsp3) is 0.300. The Hall–Kier alpha value is -2.86. The van der Waals surface area contributed by atoms with Crippen molar-refractivity contribution in [1.29, 1.82) is 0 Å². The van der Waals surface area contributed by atoms with Crippen molar-refractivity contribution in [2.24, 2.45) is 0 Å². The Kier molecular flexibility index (Phi) is 4.84. The van der Waals surface area contributed by atoms with Crippen molar-refractivity contribution in [2.75, 3.05) is 13.1 Å². The number of H-pyrrole nitrogens is 1. The van der Waals surface area contributed by atoms with E-state index in [9.17, 15) is 4.79 Å². The highest BCUT2D eigenvalue weighted by Gasteiger charge is 2.23. The zero-order valence-corrected chi connectivity index (χ0v) is 14.5. The summed E-state index contributed by atoms with van der Waals surface area (Å²) < 4.78 is 0. The molecule has 3 aromatic rings. The molecular weight excluding hydrogens is 326 g/mol. The van der Waals surface area contributed by atoms with E-state index in [0.29, 0.717) is 5.69 Å². The molecule has 0 saturated carbocycles. The van der Waals surface area contributed by atoms with E-state index in [1.54, 1.807) is 12.4 Å². The molecule has 0 unspecified atom stereocenters. The van der Waals surface area contributed by atoms with Crippen LogP contribution in [0.1, 0.15) is 30.1 Å². The maximum atomic E-state index is 12.2. The van der Waals surface area contributed by atoms with E-state index in [1.165, 1.54) is 11.6 Å². The van der Waals surface area contributed by atoms with Crippen molar-refractivity contribution in [2.45, 2.75) is 25.3 Å². The summed E-state index contributed by atoms with van der Waals surface area (Å²) in [5.41, 5.74) is 2.69. The smallest absolute Gasteiger partial charge is 0.251 e. The topological polar surface area (TPSA) is 74.8 Å². The molecule has 6 nitrogen and oxygen atoms in total. The maximum absolute atomic E-state index is 12.2. The predicted molar refractivity (Wildman–Crippen MR) is 99.6 cm³/mol. The van der Waals surface area contributed by atoms with Crippen LogP contribution in [0.2, 0.25) is 0 Å².